The second-order valence-corrected chi connectivity index (χ2v) is 4.46. The molecule has 1 aliphatic heterocycles. The molecule has 3 heteroatoms. The SMILES string of the molecule is O=C(O)c1ccccc1N1C=Cc2ccccc2C1. The Morgan fingerprint density at radius 1 is 1.05 bits per heavy atom. The molecule has 0 atom stereocenters. The van der Waals surface area contributed by atoms with E-state index in [0.717, 1.165) is 5.69 Å². The molecule has 0 spiro atoms. The molecule has 0 bridgehead atoms. The van der Waals surface area contributed by atoms with Crippen molar-refractivity contribution in [2.45, 2.75) is 6.54 Å². The molecule has 1 heterocycles. The number of rotatable bonds is 2. The van der Waals surface area contributed by atoms with Gasteiger partial charge in [-0.2, -0.15) is 0 Å². The highest BCUT2D eigenvalue weighted by molar-refractivity contribution is 5.95. The highest BCUT2D eigenvalue weighted by atomic mass is 16.4. The monoisotopic (exact) mass is 251 g/mol. The first kappa shape index (κ1) is 11.5. The van der Waals surface area contributed by atoms with E-state index in [1.807, 2.05) is 41.4 Å². The number of para-hydroxylation sites is 1. The lowest BCUT2D eigenvalue weighted by atomic mass is 10.0. The van der Waals surface area contributed by atoms with E-state index in [1.165, 1.54) is 11.1 Å². The van der Waals surface area contributed by atoms with Crippen molar-refractivity contribution in [2.75, 3.05) is 4.90 Å². The number of benzene rings is 2. The van der Waals surface area contributed by atoms with Gasteiger partial charge >= 0.3 is 5.97 Å². The molecule has 0 saturated heterocycles. The number of carbonyl (C=O) groups is 1. The highest BCUT2D eigenvalue weighted by Crippen LogP contribution is 2.27. The van der Waals surface area contributed by atoms with Crippen LogP contribution in [-0.4, -0.2) is 11.1 Å². The zero-order valence-electron chi connectivity index (χ0n) is 10.3. The third kappa shape index (κ3) is 2.10. The summed E-state index contributed by atoms with van der Waals surface area (Å²) in [5, 5.41) is 9.24. The maximum absolute atomic E-state index is 11.3. The van der Waals surface area contributed by atoms with Crippen molar-refractivity contribution in [3.8, 4) is 0 Å². The number of anilines is 1. The molecule has 1 aliphatic rings. The van der Waals surface area contributed by atoms with Gasteiger partial charge in [-0.15, -0.1) is 0 Å². The van der Waals surface area contributed by atoms with E-state index >= 15 is 0 Å². The normalized spacial score (nSPS) is 13.2. The third-order valence-corrected chi connectivity index (χ3v) is 3.27. The van der Waals surface area contributed by atoms with Crippen molar-refractivity contribution >= 4 is 17.7 Å². The molecule has 3 nitrogen and oxygen atoms in total. The molecule has 19 heavy (non-hydrogen) atoms. The second-order valence-electron chi connectivity index (χ2n) is 4.46. The zero-order chi connectivity index (χ0) is 13.2. The van der Waals surface area contributed by atoms with Gasteiger partial charge in [0, 0.05) is 12.7 Å². The smallest absolute Gasteiger partial charge is 0.337 e. The molecule has 2 aromatic rings. The lowest BCUT2D eigenvalue weighted by molar-refractivity contribution is 0.0697. The van der Waals surface area contributed by atoms with Crippen LogP contribution in [-0.2, 0) is 6.54 Å². The second kappa shape index (κ2) is 4.61. The van der Waals surface area contributed by atoms with Crippen LogP contribution in [0.4, 0.5) is 5.69 Å². The first-order valence-electron chi connectivity index (χ1n) is 6.11. The molecule has 0 fully saturated rings. The van der Waals surface area contributed by atoms with Crippen molar-refractivity contribution in [3.05, 3.63) is 71.4 Å². The minimum absolute atomic E-state index is 0.325. The van der Waals surface area contributed by atoms with Gasteiger partial charge < -0.3 is 10.0 Å². The van der Waals surface area contributed by atoms with Crippen LogP contribution < -0.4 is 4.90 Å². The lowest BCUT2D eigenvalue weighted by Gasteiger charge is -2.26. The number of nitrogens with zero attached hydrogens (tertiary/aromatic N) is 1. The highest BCUT2D eigenvalue weighted by Gasteiger charge is 2.17. The Hall–Kier alpha value is -2.55. The Kier molecular flexibility index (Phi) is 2.80. The van der Waals surface area contributed by atoms with Gasteiger partial charge in [0.05, 0.1) is 11.3 Å². The molecule has 0 radical (unpaired) electrons. The number of aromatic carboxylic acids is 1. The molecule has 0 unspecified atom stereocenters. The summed E-state index contributed by atoms with van der Waals surface area (Å²) in [5.41, 5.74) is 3.43. The number of carboxylic acid groups (broad SMARTS) is 1. The number of hydrogen-bond acceptors (Lipinski definition) is 2. The molecular formula is C16H13NO2. The van der Waals surface area contributed by atoms with Crippen LogP contribution in [0.1, 0.15) is 21.5 Å². The van der Waals surface area contributed by atoms with Crippen molar-refractivity contribution < 1.29 is 9.90 Å². The molecule has 0 amide bonds. The van der Waals surface area contributed by atoms with Gasteiger partial charge in [-0.05, 0) is 29.3 Å². The summed E-state index contributed by atoms with van der Waals surface area (Å²) >= 11 is 0. The number of carboxylic acids is 1. The Balaban J connectivity index is 2.01. The quantitative estimate of drug-likeness (QED) is 0.889. The molecule has 0 aliphatic carbocycles. The summed E-state index contributed by atoms with van der Waals surface area (Å²) in [6.45, 7) is 0.691. The first-order chi connectivity index (χ1) is 9.25. The van der Waals surface area contributed by atoms with Gasteiger partial charge in [-0.3, -0.25) is 0 Å². The van der Waals surface area contributed by atoms with E-state index in [4.69, 9.17) is 0 Å². The molecule has 3 rings (SSSR count). The molecular weight excluding hydrogens is 238 g/mol. The van der Waals surface area contributed by atoms with Crippen LogP contribution in [0.5, 0.6) is 0 Å². The van der Waals surface area contributed by atoms with Gasteiger partial charge in [0.2, 0.25) is 0 Å². The first-order valence-corrected chi connectivity index (χ1v) is 6.11. The summed E-state index contributed by atoms with van der Waals surface area (Å²) in [4.78, 5) is 13.2. The zero-order valence-corrected chi connectivity index (χ0v) is 10.3. The van der Waals surface area contributed by atoms with Crippen molar-refractivity contribution in [1.29, 1.82) is 0 Å². The summed E-state index contributed by atoms with van der Waals surface area (Å²) in [7, 11) is 0. The molecule has 2 aromatic carbocycles. The largest absolute Gasteiger partial charge is 0.478 e. The topological polar surface area (TPSA) is 40.5 Å². The van der Waals surface area contributed by atoms with Gasteiger partial charge in [-0.1, -0.05) is 36.4 Å². The average molecular weight is 251 g/mol. The van der Waals surface area contributed by atoms with Gasteiger partial charge in [0.25, 0.3) is 0 Å². The summed E-state index contributed by atoms with van der Waals surface area (Å²) in [6.07, 6.45) is 3.95. The Bertz CT molecular complexity index is 661. The van der Waals surface area contributed by atoms with Gasteiger partial charge in [-0.25, -0.2) is 4.79 Å². The van der Waals surface area contributed by atoms with Crippen LogP contribution in [0.2, 0.25) is 0 Å². The van der Waals surface area contributed by atoms with Gasteiger partial charge in [0.1, 0.15) is 0 Å². The van der Waals surface area contributed by atoms with Crippen LogP contribution in [0, 0.1) is 0 Å². The Labute approximate surface area is 111 Å². The summed E-state index contributed by atoms with van der Waals surface area (Å²) in [5.74, 6) is -0.900. The van der Waals surface area contributed by atoms with E-state index in [9.17, 15) is 9.90 Å². The van der Waals surface area contributed by atoms with Crippen LogP contribution in [0.15, 0.2) is 54.7 Å². The molecule has 0 aromatic heterocycles. The maximum atomic E-state index is 11.3. The minimum atomic E-state index is -0.900. The average Bonchev–Trinajstić information content (AvgIpc) is 2.46. The van der Waals surface area contributed by atoms with E-state index in [2.05, 4.69) is 12.1 Å². The summed E-state index contributed by atoms with van der Waals surface area (Å²) in [6, 6.07) is 15.2. The Morgan fingerprint density at radius 3 is 2.63 bits per heavy atom. The van der Waals surface area contributed by atoms with E-state index < -0.39 is 5.97 Å². The molecule has 1 N–H and O–H groups in total. The Morgan fingerprint density at radius 2 is 1.79 bits per heavy atom. The van der Waals surface area contributed by atoms with Gasteiger partial charge in [0.15, 0.2) is 0 Å². The third-order valence-electron chi connectivity index (χ3n) is 3.27. The van der Waals surface area contributed by atoms with Crippen LogP contribution in [0.3, 0.4) is 0 Å². The molecule has 94 valence electrons. The van der Waals surface area contributed by atoms with E-state index in [0.29, 0.717) is 12.1 Å². The summed E-state index contributed by atoms with van der Waals surface area (Å²) < 4.78 is 0. The molecule has 0 saturated carbocycles. The fraction of sp³-hybridized carbons (Fsp3) is 0.0625. The minimum Gasteiger partial charge on any atom is -0.478 e. The lowest BCUT2D eigenvalue weighted by Crippen LogP contribution is -2.21. The van der Waals surface area contributed by atoms with Crippen LogP contribution in [0.25, 0.3) is 6.08 Å². The van der Waals surface area contributed by atoms with Crippen molar-refractivity contribution in [1.82, 2.24) is 0 Å². The predicted octanol–water partition coefficient (Wildman–Crippen LogP) is 3.38. The van der Waals surface area contributed by atoms with Crippen molar-refractivity contribution in [2.24, 2.45) is 0 Å². The predicted molar refractivity (Wildman–Crippen MR) is 75.1 cm³/mol. The van der Waals surface area contributed by atoms with E-state index in [1.54, 1.807) is 12.1 Å². The fourth-order valence-electron chi connectivity index (χ4n) is 2.32. The van der Waals surface area contributed by atoms with Crippen LogP contribution >= 0.6 is 0 Å². The maximum Gasteiger partial charge on any atom is 0.337 e. The fourth-order valence-corrected chi connectivity index (χ4v) is 2.32. The van der Waals surface area contributed by atoms with E-state index in [-0.39, 0.29) is 0 Å². The number of fused-ring (bicyclic) bond motifs is 1. The number of hydrogen-bond donors (Lipinski definition) is 1. The van der Waals surface area contributed by atoms with Crippen molar-refractivity contribution in [3.63, 3.8) is 0 Å². The standard InChI is InChI=1S/C16H13NO2/c18-16(19)14-7-3-4-8-15(14)17-10-9-12-5-1-2-6-13(12)11-17/h1-10H,11H2,(H,18,19).